The zero-order valence-corrected chi connectivity index (χ0v) is 13.7. The van der Waals surface area contributed by atoms with Crippen molar-refractivity contribution in [3.63, 3.8) is 0 Å². The Balaban J connectivity index is 1.75. The zero-order valence-electron chi connectivity index (χ0n) is 13.7. The van der Waals surface area contributed by atoms with Crippen molar-refractivity contribution in [3.8, 4) is 0 Å². The van der Waals surface area contributed by atoms with Gasteiger partial charge in [-0.05, 0) is 13.6 Å². The van der Waals surface area contributed by atoms with Gasteiger partial charge in [-0.1, -0.05) is 6.92 Å². The molecule has 0 unspecified atom stereocenters. The molecule has 7 nitrogen and oxygen atoms in total. The summed E-state index contributed by atoms with van der Waals surface area (Å²) in [5, 5.41) is 0. The van der Waals surface area contributed by atoms with Crippen LogP contribution in [-0.4, -0.2) is 85.7 Å². The van der Waals surface area contributed by atoms with E-state index in [0.29, 0.717) is 0 Å². The molecule has 0 radical (unpaired) electrons. The topological polar surface area (TPSA) is 64.8 Å². The van der Waals surface area contributed by atoms with Gasteiger partial charge in [0.15, 0.2) is 11.6 Å². The highest BCUT2D eigenvalue weighted by Crippen LogP contribution is 2.29. The van der Waals surface area contributed by atoms with Crippen molar-refractivity contribution in [3.05, 3.63) is 6.33 Å². The summed E-state index contributed by atoms with van der Waals surface area (Å²) in [5.74, 6) is 1.80. The summed E-state index contributed by atoms with van der Waals surface area (Å²) in [7, 11) is 2.15. The zero-order chi connectivity index (χ0) is 15.5. The Bertz CT molecular complexity index is 491. The summed E-state index contributed by atoms with van der Waals surface area (Å²) in [6.07, 6.45) is 1.66. The molecule has 22 heavy (non-hydrogen) atoms. The van der Waals surface area contributed by atoms with Crippen LogP contribution >= 0.6 is 0 Å². The first kappa shape index (κ1) is 15.3. The van der Waals surface area contributed by atoms with E-state index in [1.165, 1.54) is 0 Å². The lowest BCUT2D eigenvalue weighted by Gasteiger charge is -2.37. The van der Waals surface area contributed by atoms with E-state index < -0.39 is 0 Å². The molecule has 1 aromatic rings. The molecule has 0 amide bonds. The second-order valence-corrected chi connectivity index (χ2v) is 6.15. The number of anilines is 3. The molecule has 0 aliphatic carbocycles. The fourth-order valence-electron chi connectivity index (χ4n) is 3.18. The van der Waals surface area contributed by atoms with Crippen LogP contribution in [0.3, 0.4) is 0 Å². The molecule has 2 saturated heterocycles. The Hall–Kier alpha value is -1.60. The average molecular weight is 305 g/mol. The van der Waals surface area contributed by atoms with Gasteiger partial charge in [-0.25, -0.2) is 9.97 Å². The van der Waals surface area contributed by atoms with Gasteiger partial charge < -0.3 is 25.3 Å². The van der Waals surface area contributed by atoms with Gasteiger partial charge in [0.05, 0.1) is 0 Å². The molecule has 3 rings (SSSR count). The maximum absolute atomic E-state index is 6.41. The van der Waals surface area contributed by atoms with E-state index in [4.69, 9.17) is 5.73 Å². The third kappa shape index (κ3) is 3.10. The molecule has 0 aromatic carbocycles. The Kier molecular flexibility index (Phi) is 4.63. The van der Waals surface area contributed by atoms with Gasteiger partial charge >= 0.3 is 0 Å². The number of hydrogen-bond acceptors (Lipinski definition) is 7. The maximum Gasteiger partial charge on any atom is 0.157 e. The normalized spacial score (nSPS) is 21.4. The van der Waals surface area contributed by atoms with Crippen LogP contribution in [0.5, 0.6) is 0 Å². The number of nitrogen functional groups attached to an aromatic ring is 1. The molecule has 0 bridgehead atoms. The SMILES string of the molecule is CCN1CCN(c2ncnc(N3CCN(C)CC3)c2N)CC1. The average Bonchev–Trinajstić information content (AvgIpc) is 2.56. The van der Waals surface area contributed by atoms with Gasteiger partial charge in [-0.2, -0.15) is 0 Å². The number of likely N-dealkylation sites (N-methyl/N-ethyl adjacent to an activating group) is 2. The molecule has 2 aliphatic rings. The first-order valence-corrected chi connectivity index (χ1v) is 8.20. The first-order valence-electron chi connectivity index (χ1n) is 8.20. The number of piperazine rings is 2. The van der Waals surface area contributed by atoms with Gasteiger partial charge in [0, 0.05) is 52.4 Å². The van der Waals surface area contributed by atoms with Gasteiger partial charge in [0.1, 0.15) is 12.0 Å². The van der Waals surface area contributed by atoms with E-state index in [-0.39, 0.29) is 0 Å². The van der Waals surface area contributed by atoms with E-state index in [0.717, 1.165) is 76.2 Å². The molecule has 3 heterocycles. The van der Waals surface area contributed by atoms with Crippen molar-refractivity contribution in [2.45, 2.75) is 6.92 Å². The van der Waals surface area contributed by atoms with E-state index >= 15 is 0 Å². The molecule has 7 heteroatoms. The van der Waals surface area contributed by atoms with Gasteiger partial charge in [-0.15, -0.1) is 0 Å². The number of aromatic nitrogens is 2. The maximum atomic E-state index is 6.41. The molecule has 1 aromatic heterocycles. The van der Waals surface area contributed by atoms with Crippen LogP contribution in [0.4, 0.5) is 17.3 Å². The molecule has 0 spiro atoms. The summed E-state index contributed by atoms with van der Waals surface area (Å²) in [5.41, 5.74) is 7.14. The van der Waals surface area contributed by atoms with Gasteiger partial charge in [-0.3, -0.25) is 0 Å². The minimum absolute atomic E-state index is 0.733. The van der Waals surface area contributed by atoms with E-state index in [9.17, 15) is 0 Å². The molecule has 122 valence electrons. The van der Waals surface area contributed by atoms with E-state index in [2.05, 4.69) is 43.5 Å². The minimum Gasteiger partial charge on any atom is -0.393 e. The van der Waals surface area contributed by atoms with Crippen LogP contribution in [0.2, 0.25) is 0 Å². The fourth-order valence-corrected chi connectivity index (χ4v) is 3.18. The smallest absolute Gasteiger partial charge is 0.157 e. The van der Waals surface area contributed by atoms with Crippen LogP contribution in [-0.2, 0) is 0 Å². The van der Waals surface area contributed by atoms with Crippen LogP contribution in [0, 0.1) is 0 Å². The summed E-state index contributed by atoms with van der Waals surface area (Å²) < 4.78 is 0. The summed E-state index contributed by atoms with van der Waals surface area (Å²) in [6.45, 7) is 11.5. The number of hydrogen-bond donors (Lipinski definition) is 1. The summed E-state index contributed by atoms with van der Waals surface area (Å²) >= 11 is 0. The van der Waals surface area contributed by atoms with Crippen molar-refractivity contribution in [2.75, 3.05) is 81.5 Å². The Morgan fingerprint density at radius 3 is 1.91 bits per heavy atom. The lowest BCUT2D eigenvalue weighted by atomic mass is 10.2. The highest BCUT2D eigenvalue weighted by atomic mass is 15.3. The van der Waals surface area contributed by atoms with Crippen molar-refractivity contribution >= 4 is 17.3 Å². The molecule has 2 aliphatic heterocycles. The number of nitrogens with two attached hydrogens (primary N) is 1. The number of rotatable bonds is 3. The second kappa shape index (κ2) is 6.66. The highest BCUT2D eigenvalue weighted by molar-refractivity contribution is 5.76. The molecule has 0 atom stereocenters. The van der Waals surface area contributed by atoms with Crippen LogP contribution in [0.15, 0.2) is 6.33 Å². The molecular weight excluding hydrogens is 278 g/mol. The minimum atomic E-state index is 0.733. The fraction of sp³-hybridized carbons (Fsp3) is 0.733. The first-order chi connectivity index (χ1) is 10.7. The monoisotopic (exact) mass is 305 g/mol. The summed E-state index contributed by atoms with van der Waals surface area (Å²) in [4.78, 5) is 18.3. The van der Waals surface area contributed by atoms with Crippen LogP contribution in [0.1, 0.15) is 6.92 Å². The van der Waals surface area contributed by atoms with E-state index in [1.54, 1.807) is 6.33 Å². The highest BCUT2D eigenvalue weighted by Gasteiger charge is 2.23. The third-order valence-electron chi connectivity index (χ3n) is 4.76. The second-order valence-electron chi connectivity index (χ2n) is 6.15. The van der Waals surface area contributed by atoms with Crippen molar-refractivity contribution in [1.29, 1.82) is 0 Å². The largest absolute Gasteiger partial charge is 0.393 e. The molecule has 0 saturated carbocycles. The Morgan fingerprint density at radius 2 is 1.41 bits per heavy atom. The van der Waals surface area contributed by atoms with Crippen LogP contribution in [0.25, 0.3) is 0 Å². The third-order valence-corrected chi connectivity index (χ3v) is 4.76. The lowest BCUT2D eigenvalue weighted by molar-refractivity contribution is 0.270. The molecule has 2 N–H and O–H groups in total. The van der Waals surface area contributed by atoms with Crippen LogP contribution < -0.4 is 15.5 Å². The standard InChI is InChI=1S/C15H27N7/c1-3-20-6-10-22(11-7-20)15-13(16)14(17-12-18-15)21-8-4-19(2)5-9-21/h12H,3-11,16H2,1-2H3. The van der Waals surface area contributed by atoms with Gasteiger partial charge in [0.2, 0.25) is 0 Å². The van der Waals surface area contributed by atoms with E-state index in [1.807, 2.05) is 0 Å². The summed E-state index contributed by atoms with van der Waals surface area (Å²) in [6, 6.07) is 0. The van der Waals surface area contributed by atoms with Crippen molar-refractivity contribution in [2.24, 2.45) is 0 Å². The quantitative estimate of drug-likeness (QED) is 0.840. The Labute approximate surface area is 132 Å². The predicted molar refractivity (Wildman–Crippen MR) is 90.5 cm³/mol. The van der Waals surface area contributed by atoms with Gasteiger partial charge in [0.25, 0.3) is 0 Å². The van der Waals surface area contributed by atoms with Crippen molar-refractivity contribution < 1.29 is 0 Å². The molecular formula is C15H27N7. The Morgan fingerprint density at radius 1 is 0.909 bits per heavy atom. The lowest BCUT2D eigenvalue weighted by Crippen LogP contribution is -2.47. The predicted octanol–water partition coefficient (Wildman–Crippen LogP) is -0.0475. The molecule has 2 fully saturated rings. The van der Waals surface area contributed by atoms with Crippen molar-refractivity contribution in [1.82, 2.24) is 19.8 Å². The number of nitrogens with zero attached hydrogens (tertiary/aromatic N) is 6.